The Balaban J connectivity index is 2.02. The number of carbonyl (C=O) groups excluding carboxylic acids is 1. The number of rotatable bonds is 6. The van der Waals surface area contributed by atoms with Gasteiger partial charge in [0.15, 0.2) is 0 Å². The minimum absolute atomic E-state index is 0.0418. The van der Waals surface area contributed by atoms with Crippen molar-refractivity contribution in [1.82, 2.24) is 9.21 Å². The molecule has 0 unspecified atom stereocenters. The van der Waals surface area contributed by atoms with E-state index in [1.54, 1.807) is 11.8 Å². The summed E-state index contributed by atoms with van der Waals surface area (Å²) < 4.78 is 52.9. The van der Waals surface area contributed by atoms with E-state index in [4.69, 9.17) is 5.73 Å². The molecule has 6 nitrogen and oxygen atoms in total. The number of benzene rings is 1. The van der Waals surface area contributed by atoms with Gasteiger partial charge >= 0.3 is 0 Å². The normalized spacial score (nSPS) is 17.5. The molecule has 2 rings (SSSR count). The summed E-state index contributed by atoms with van der Waals surface area (Å²) in [6.07, 6.45) is 2.48. The number of piperazine rings is 1. The zero-order valence-electron chi connectivity index (χ0n) is 13.8. The Bertz CT molecular complexity index is 723. The highest BCUT2D eigenvalue weighted by Gasteiger charge is 2.33. The van der Waals surface area contributed by atoms with E-state index in [1.807, 2.05) is 6.26 Å². The molecule has 0 spiro atoms. The number of halogens is 2. The highest BCUT2D eigenvalue weighted by atomic mass is 32.2. The van der Waals surface area contributed by atoms with Crippen molar-refractivity contribution >= 4 is 27.7 Å². The van der Waals surface area contributed by atoms with E-state index in [2.05, 4.69) is 0 Å². The molecule has 1 atom stereocenters. The molecule has 1 aliphatic rings. The average Bonchev–Trinajstić information content (AvgIpc) is 2.58. The minimum Gasteiger partial charge on any atom is -0.339 e. The standard InChI is InChI=1S/C15H21F2N3O3S2/c1-24-9-4-13(18)15(21)19-5-7-20(8-6-19)25(22,23)14-3-2-11(16)10-12(14)17/h2-3,10,13H,4-9,18H2,1H3/t13-/m0/s1. The predicted octanol–water partition coefficient (Wildman–Crippen LogP) is 0.878. The van der Waals surface area contributed by atoms with Crippen LogP contribution in [0.1, 0.15) is 6.42 Å². The van der Waals surface area contributed by atoms with Crippen molar-refractivity contribution < 1.29 is 22.0 Å². The first-order valence-electron chi connectivity index (χ1n) is 7.76. The molecular formula is C15H21F2N3O3S2. The summed E-state index contributed by atoms with van der Waals surface area (Å²) in [6, 6.07) is 1.75. The van der Waals surface area contributed by atoms with Crippen LogP contribution in [0.25, 0.3) is 0 Å². The first kappa shape index (κ1) is 20.1. The van der Waals surface area contributed by atoms with Crippen molar-refractivity contribution in [2.24, 2.45) is 5.73 Å². The second kappa shape index (κ2) is 8.43. The summed E-state index contributed by atoms with van der Waals surface area (Å²) in [6.45, 7) is 0.460. The molecule has 0 saturated carbocycles. The van der Waals surface area contributed by atoms with Gasteiger partial charge in [-0.05, 0) is 30.6 Å². The second-order valence-electron chi connectivity index (χ2n) is 5.69. The van der Waals surface area contributed by atoms with Crippen LogP contribution in [0.2, 0.25) is 0 Å². The molecule has 1 aromatic carbocycles. The number of hydrogen-bond donors (Lipinski definition) is 1. The molecule has 1 fully saturated rings. The molecule has 0 bridgehead atoms. The van der Waals surface area contributed by atoms with Gasteiger partial charge in [-0.2, -0.15) is 16.1 Å². The third-order valence-corrected chi connectivity index (χ3v) is 6.59. The van der Waals surface area contributed by atoms with Gasteiger partial charge in [-0.1, -0.05) is 0 Å². The van der Waals surface area contributed by atoms with E-state index in [-0.39, 0.29) is 32.1 Å². The van der Waals surface area contributed by atoms with Crippen LogP contribution in [0.15, 0.2) is 23.1 Å². The van der Waals surface area contributed by atoms with Crippen molar-refractivity contribution in [3.05, 3.63) is 29.8 Å². The van der Waals surface area contributed by atoms with Crippen molar-refractivity contribution in [3.63, 3.8) is 0 Å². The summed E-state index contributed by atoms with van der Waals surface area (Å²) in [4.78, 5) is 13.2. The SMILES string of the molecule is CSCC[C@H](N)C(=O)N1CCN(S(=O)(=O)c2ccc(F)cc2F)CC1. The number of hydrogen-bond acceptors (Lipinski definition) is 5. The smallest absolute Gasteiger partial charge is 0.246 e. The lowest BCUT2D eigenvalue weighted by Gasteiger charge is -2.35. The fourth-order valence-electron chi connectivity index (χ4n) is 2.58. The molecule has 10 heteroatoms. The van der Waals surface area contributed by atoms with Crippen LogP contribution in [-0.2, 0) is 14.8 Å². The quantitative estimate of drug-likeness (QED) is 0.776. The number of nitrogens with two attached hydrogens (primary N) is 1. The van der Waals surface area contributed by atoms with Crippen LogP contribution in [0.3, 0.4) is 0 Å². The van der Waals surface area contributed by atoms with Gasteiger partial charge in [-0.3, -0.25) is 4.79 Å². The van der Waals surface area contributed by atoms with Crippen molar-refractivity contribution in [2.45, 2.75) is 17.4 Å². The third-order valence-electron chi connectivity index (χ3n) is 4.01. The Morgan fingerprint density at radius 2 is 1.92 bits per heavy atom. The van der Waals surface area contributed by atoms with Gasteiger partial charge in [0.2, 0.25) is 15.9 Å². The van der Waals surface area contributed by atoms with Gasteiger partial charge in [0.1, 0.15) is 16.5 Å². The van der Waals surface area contributed by atoms with Crippen LogP contribution >= 0.6 is 11.8 Å². The van der Waals surface area contributed by atoms with Crippen LogP contribution in [0.4, 0.5) is 8.78 Å². The predicted molar refractivity (Wildman–Crippen MR) is 92.7 cm³/mol. The monoisotopic (exact) mass is 393 g/mol. The lowest BCUT2D eigenvalue weighted by molar-refractivity contribution is -0.133. The van der Waals surface area contributed by atoms with Crippen LogP contribution in [0.5, 0.6) is 0 Å². The molecule has 25 heavy (non-hydrogen) atoms. The highest BCUT2D eigenvalue weighted by Crippen LogP contribution is 2.21. The topological polar surface area (TPSA) is 83.7 Å². The molecule has 0 radical (unpaired) electrons. The zero-order valence-corrected chi connectivity index (χ0v) is 15.5. The first-order valence-corrected chi connectivity index (χ1v) is 10.6. The van der Waals surface area contributed by atoms with Crippen LogP contribution in [0, 0.1) is 11.6 Å². The zero-order chi connectivity index (χ0) is 18.6. The van der Waals surface area contributed by atoms with E-state index in [0.717, 1.165) is 22.2 Å². The molecule has 0 aliphatic carbocycles. The van der Waals surface area contributed by atoms with Gasteiger partial charge < -0.3 is 10.6 Å². The first-order chi connectivity index (χ1) is 11.8. The maximum Gasteiger partial charge on any atom is 0.246 e. The van der Waals surface area contributed by atoms with E-state index in [0.29, 0.717) is 12.5 Å². The second-order valence-corrected chi connectivity index (χ2v) is 8.58. The fraction of sp³-hybridized carbons (Fsp3) is 0.533. The van der Waals surface area contributed by atoms with Gasteiger partial charge in [0, 0.05) is 32.2 Å². The molecule has 1 heterocycles. The maximum absolute atomic E-state index is 13.8. The van der Waals surface area contributed by atoms with E-state index < -0.39 is 32.6 Å². The Morgan fingerprint density at radius 3 is 2.48 bits per heavy atom. The Labute approximate surface area is 150 Å². The highest BCUT2D eigenvalue weighted by molar-refractivity contribution is 7.98. The van der Waals surface area contributed by atoms with Gasteiger partial charge in [-0.15, -0.1) is 0 Å². The number of amides is 1. The number of sulfonamides is 1. The van der Waals surface area contributed by atoms with Crippen LogP contribution in [-0.4, -0.2) is 67.8 Å². The van der Waals surface area contributed by atoms with Gasteiger partial charge in [0.25, 0.3) is 0 Å². The van der Waals surface area contributed by atoms with Crippen molar-refractivity contribution in [1.29, 1.82) is 0 Å². The summed E-state index contributed by atoms with van der Waals surface area (Å²) in [5.74, 6) is -1.41. The molecule has 1 saturated heterocycles. The number of carbonyl (C=O) groups is 1. The minimum atomic E-state index is -4.07. The largest absolute Gasteiger partial charge is 0.339 e. The van der Waals surface area contributed by atoms with E-state index >= 15 is 0 Å². The molecule has 0 aromatic heterocycles. The summed E-state index contributed by atoms with van der Waals surface area (Å²) >= 11 is 1.60. The van der Waals surface area contributed by atoms with E-state index in [1.165, 1.54) is 4.90 Å². The van der Waals surface area contributed by atoms with Crippen molar-refractivity contribution in [3.8, 4) is 0 Å². The lowest BCUT2D eigenvalue weighted by Crippen LogP contribution is -2.54. The third kappa shape index (κ3) is 4.69. The van der Waals surface area contributed by atoms with Gasteiger partial charge in [-0.25, -0.2) is 17.2 Å². The molecule has 1 amide bonds. The molecular weight excluding hydrogens is 372 g/mol. The number of nitrogens with zero attached hydrogens (tertiary/aromatic N) is 2. The van der Waals surface area contributed by atoms with Crippen molar-refractivity contribution in [2.75, 3.05) is 38.2 Å². The summed E-state index contributed by atoms with van der Waals surface area (Å²) in [7, 11) is -4.07. The summed E-state index contributed by atoms with van der Waals surface area (Å²) in [5, 5.41) is 0. The lowest BCUT2D eigenvalue weighted by atomic mass is 10.2. The maximum atomic E-state index is 13.8. The molecule has 1 aliphatic heterocycles. The molecule has 2 N–H and O–H groups in total. The van der Waals surface area contributed by atoms with Crippen LogP contribution < -0.4 is 5.73 Å². The van der Waals surface area contributed by atoms with E-state index in [9.17, 15) is 22.0 Å². The average molecular weight is 393 g/mol. The summed E-state index contributed by atoms with van der Waals surface area (Å²) in [5.41, 5.74) is 5.86. The Kier molecular flexibility index (Phi) is 6.78. The molecule has 140 valence electrons. The molecule has 1 aromatic rings. The fourth-order valence-corrected chi connectivity index (χ4v) is 4.53. The number of thioether (sulfide) groups is 1. The Morgan fingerprint density at radius 1 is 1.28 bits per heavy atom. The Hall–Kier alpha value is -1.23. The van der Waals surface area contributed by atoms with Gasteiger partial charge in [0.05, 0.1) is 6.04 Å².